The molecule has 0 atom stereocenters. The van der Waals surface area contributed by atoms with Gasteiger partial charge in [-0.05, 0) is 24.3 Å². The zero-order valence-corrected chi connectivity index (χ0v) is 13.9. The zero-order valence-electron chi connectivity index (χ0n) is 9.98. The first-order valence-corrected chi connectivity index (χ1v) is 7.76. The van der Waals surface area contributed by atoms with Crippen molar-refractivity contribution in [2.45, 2.75) is 5.33 Å². The normalized spacial score (nSPS) is 10.3. The van der Waals surface area contributed by atoms with Gasteiger partial charge in [-0.15, -0.1) is 0 Å². The maximum absolute atomic E-state index is 10.8. The second kappa shape index (κ2) is 6.56. The van der Waals surface area contributed by atoms with Crippen LogP contribution in [-0.4, -0.2) is 4.92 Å². The molecule has 2 aromatic rings. The van der Waals surface area contributed by atoms with E-state index in [9.17, 15) is 10.1 Å². The van der Waals surface area contributed by atoms with Crippen molar-refractivity contribution in [1.82, 2.24) is 0 Å². The summed E-state index contributed by atoms with van der Waals surface area (Å²) in [5.41, 5.74) is 0.701. The van der Waals surface area contributed by atoms with Crippen LogP contribution in [0.1, 0.15) is 5.56 Å². The Bertz CT molecular complexity index is 664. The number of hydrogen-bond acceptors (Lipinski definition) is 3. The minimum atomic E-state index is -0.442. The Morgan fingerprint density at radius 1 is 1.20 bits per heavy atom. The molecule has 0 saturated heterocycles. The molecule has 0 unspecified atom stereocenters. The van der Waals surface area contributed by atoms with E-state index < -0.39 is 4.92 Å². The lowest BCUT2D eigenvalue weighted by atomic mass is 10.2. The van der Waals surface area contributed by atoms with Crippen LogP contribution in [0.15, 0.2) is 40.9 Å². The number of hydrogen-bond donors (Lipinski definition) is 0. The SMILES string of the molecule is O=[N+]([O-])c1ccc(Oc2ccc(Br)cc2Cl)c(CBr)c1. The number of ether oxygens (including phenoxy) is 1. The standard InChI is InChI=1S/C13H8Br2ClNO3/c14-7-8-5-10(17(18)19)2-4-12(8)20-13-3-1-9(15)6-11(13)16/h1-6H,7H2. The molecule has 0 amide bonds. The number of nitrogens with zero attached hydrogens (tertiary/aromatic N) is 1. The molecule has 2 aromatic carbocycles. The lowest BCUT2D eigenvalue weighted by Crippen LogP contribution is -1.94. The maximum Gasteiger partial charge on any atom is 0.270 e. The smallest absolute Gasteiger partial charge is 0.270 e. The van der Waals surface area contributed by atoms with E-state index in [4.69, 9.17) is 16.3 Å². The third-order valence-electron chi connectivity index (χ3n) is 2.51. The van der Waals surface area contributed by atoms with Crippen LogP contribution >= 0.6 is 43.5 Å². The molecular formula is C13H8Br2ClNO3. The van der Waals surface area contributed by atoms with Gasteiger partial charge < -0.3 is 4.74 Å². The number of nitro groups is 1. The van der Waals surface area contributed by atoms with Gasteiger partial charge in [0, 0.05) is 27.5 Å². The molecule has 0 N–H and O–H groups in total. The molecule has 0 aliphatic rings. The minimum Gasteiger partial charge on any atom is -0.455 e. The quantitative estimate of drug-likeness (QED) is 0.362. The molecule has 2 rings (SSSR count). The average molecular weight is 421 g/mol. The fourth-order valence-corrected chi connectivity index (χ4v) is 2.71. The van der Waals surface area contributed by atoms with Crippen molar-refractivity contribution in [1.29, 1.82) is 0 Å². The molecule has 0 aromatic heterocycles. The van der Waals surface area contributed by atoms with E-state index in [0.717, 1.165) is 4.47 Å². The highest BCUT2D eigenvalue weighted by atomic mass is 79.9. The molecule has 0 radical (unpaired) electrons. The molecule has 20 heavy (non-hydrogen) atoms. The van der Waals surface area contributed by atoms with Crippen LogP contribution in [0.25, 0.3) is 0 Å². The Morgan fingerprint density at radius 3 is 2.50 bits per heavy atom. The summed E-state index contributed by atoms with van der Waals surface area (Å²) in [5.74, 6) is 1.02. The monoisotopic (exact) mass is 419 g/mol. The van der Waals surface area contributed by atoms with Crippen molar-refractivity contribution in [3.05, 3.63) is 61.6 Å². The summed E-state index contributed by atoms with van der Waals surface area (Å²) < 4.78 is 6.56. The van der Waals surface area contributed by atoms with Crippen LogP contribution in [0.4, 0.5) is 5.69 Å². The number of benzene rings is 2. The number of nitro benzene ring substituents is 1. The van der Waals surface area contributed by atoms with E-state index >= 15 is 0 Å². The number of non-ortho nitro benzene ring substituents is 1. The van der Waals surface area contributed by atoms with Crippen molar-refractivity contribution in [2.24, 2.45) is 0 Å². The number of halogens is 3. The van der Waals surface area contributed by atoms with Gasteiger partial charge in [-0.2, -0.15) is 0 Å². The Morgan fingerprint density at radius 2 is 1.90 bits per heavy atom. The molecule has 0 bridgehead atoms. The summed E-state index contributed by atoms with van der Waals surface area (Å²) in [6.07, 6.45) is 0. The van der Waals surface area contributed by atoms with Gasteiger partial charge in [-0.25, -0.2) is 0 Å². The Kier molecular flexibility index (Phi) is 5.01. The van der Waals surface area contributed by atoms with Crippen LogP contribution < -0.4 is 4.74 Å². The summed E-state index contributed by atoms with van der Waals surface area (Å²) in [6, 6.07) is 9.68. The highest BCUT2D eigenvalue weighted by molar-refractivity contribution is 9.10. The second-order valence-electron chi connectivity index (χ2n) is 3.86. The third kappa shape index (κ3) is 3.50. The van der Waals surface area contributed by atoms with E-state index in [-0.39, 0.29) is 5.69 Å². The van der Waals surface area contributed by atoms with Crippen molar-refractivity contribution >= 4 is 49.1 Å². The van der Waals surface area contributed by atoms with Crippen molar-refractivity contribution in [3.8, 4) is 11.5 Å². The molecule has 0 spiro atoms. The van der Waals surface area contributed by atoms with Gasteiger partial charge in [-0.3, -0.25) is 10.1 Å². The van der Waals surface area contributed by atoms with Crippen LogP contribution in [0.3, 0.4) is 0 Å². The van der Waals surface area contributed by atoms with Gasteiger partial charge in [0.25, 0.3) is 5.69 Å². The highest BCUT2D eigenvalue weighted by Crippen LogP contribution is 2.35. The fourth-order valence-electron chi connectivity index (χ4n) is 1.56. The van der Waals surface area contributed by atoms with Gasteiger partial charge in [0.1, 0.15) is 11.5 Å². The zero-order chi connectivity index (χ0) is 14.7. The van der Waals surface area contributed by atoms with Crippen molar-refractivity contribution in [3.63, 3.8) is 0 Å². The summed E-state index contributed by atoms with van der Waals surface area (Å²) in [7, 11) is 0. The van der Waals surface area contributed by atoms with Gasteiger partial charge in [0.05, 0.1) is 9.95 Å². The van der Waals surface area contributed by atoms with Crippen LogP contribution in [-0.2, 0) is 5.33 Å². The maximum atomic E-state index is 10.8. The van der Waals surface area contributed by atoms with Gasteiger partial charge in [-0.1, -0.05) is 43.5 Å². The third-order valence-corrected chi connectivity index (χ3v) is 3.91. The topological polar surface area (TPSA) is 52.4 Å². The summed E-state index contributed by atoms with van der Waals surface area (Å²) >= 11 is 12.7. The summed E-state index contributed by atoms with van der Waals surface area (Å²) in [6.45, 7) is 0. The van der Waals surface area contributed by atoms with E-state index in [1.807, 2.05) is 0 Å². The number of rotatable bonds is 4. The molecule has 7 heteroatoms. The molecule has 0 aliphatic heterocycles. The Balaban J connectivity index is 2.35. The number of alkyl halides is 1. The first-order valence-electron chi connectivity index (χ1n) is 5.47. The van der Waals surface area contributed by atoms with Crippen molar-refractivity contribution in [2.75, 3.05) is 0 Å². The molecule has 0 aliphatic carbocycles. The fraction of sp³-hybridized carbons (Fsp3) is 0.0769. The van der Waals surface area contributed by atoms with Crippen LogP contribution in [0.5, 0.6) is 11.5 Å². The largest absolute Gasteiger partial charge is 0.455 e. The van der Waals surface area contributed by atoms with E-state index in [1.165, 1.54) is 12.1 Å². The predicted molar refractivity (Wildman–Crippen MR) is 85.0 cm³/mol. The Hall–Kier alpha value is -1.11. The van der Waals surface area contributed by atoms with Gasteiger partial charge in [0.15, 0.2) is 0 Å². The Labute approximate surface area is 137 Å². The van der Waals surface area contributed by atoms with Gasteiger partial charge >= 0.3 is 0 Å². The first-order chi connectivity index (χ1) is 9.51. The highest BCUT2D eigenvalue weighted by Gasteiger charge is 2.13. The molecular weight excluding hydrogens is 413 g/mol. The van der Waals surface area contributed by atoms with Crippen molar-refractivity contribution < 1.29 is 9.66 Å². The van der Waals surface area contributed by atoms with Gasteiger partial charge in [0.2, 0.25) is 0 Å². The summed E-state index contributed by atoms with van der Waals surface area (Å²) in [5, 5.41) is 11.7. The van der Waals surface area contributed by atoms with E-state index in [0.29, 0.717) is 27.4 Å². The first kappa shape index (κ1) is 15.3. The minimum absolute atomic E-state index is 0.0219. The molecule has 0 saturated carbocycles. The van der Waals surface area contributed by atoms with Crippen LogP contribution in [0.2, 0.25) is 5.02 Å². The lowest BCUT2D eigenvalue weighted by molar-refractivity contribution is -0.384. The van der Waals surface area contributed by atoms with E-state index in [1.54, 1.807) is 24.3 Å². The van der Waals surface area contributed by atoms with Crippen LogP contribution in [0, 0.1) is 10.1 Å². The summed E-state index contributed by atoms with van der Waals surface area (Å²) in [4.78, 5) is 10.3. The molecule has 104 valence electrons. The molecule has 4 nitrogen and oxygen atoms in total. The predicted octanol–water partition coefficient (Wildman–Crippen LogP) is 5.70. The average Bonchev–Trinajstić information content (AvgIpc) is 2.42. The molecule has 0 fully saturated rings. The van der Waals surface area contributed by atoms with E-state index in [2.05, 4.69) is 31.9 Å². The lowest BCUT2D eigenvalue weighted by Gasteiger charge is -2.11. The second-order valence-corrected chi connectivity index (χ2v) is 5.74. The molecule has 0 heterocycles.